The summed E-state index contributed by atoms with van der Waals surface area (Å²) in [6.45, 7) is 8.91. The lowest BCUT2D eigenvalue weighted by Gasteiger charge is -2.12. The molecule has 0 radical (unpaired) electrons. The van der Waals surface area contributed by atoms with Crippen LogP contribution in [-0.4, -0.2) is 0 Å². The van der Waals surface area contributed by atoms with E-state index in [-0.39, 0.29) is 0 Å². The van der Waals surface area contributed by atoms with Gasteiger partial charge in [0.25, 0.3) is 0 Å². The molecule has 0 unspecified atom stereocenters. The number of rotatable bonds is 5. The van der Waals surface area contributed by atoms with E-state index in [9.17, 15) is 0 Å². The van der Waals surface area contributed by atoms with Gasteiger partial charge in [-0.25, -0.2) is 0 Å². The van der Waals surface area contributed by atoms with Crippen molar-refractivity contribution in [3.8, 4) is 0 Å². The predicted molar refractivity (Wildman–Crippen MR) is 85.5 cm³/mol. The van der Waals surface area contributed by atoms with Crippen LogP contribution in [0.25, 0.3) is 0 Å². The fourth-order valence-corrected chi connectivity index (χ4v) is 2.69. The summed E-state index contributed by atoms with van der Waals surface area (Å²) in [7, 11) is 0. The van der Waals surface area contributed by atoms with Gasteiger partial charge in [0.2, 0.25) is 0 Å². The molecule has 106 valence electrons. The minimum absolute atomic E-state index is 0.601. The third kappa shape index (κ3) is 3.69. The number of nitrogens with one attached hydrogen (secondary N) is 1. The van der Waals surface area contributed by atoms with Crippen LogP contribution in [0.1, 0.15) is 33.4 Å². The van der Waals surface area contributed by atoms with Crippen LogP contribution in [0.3, 0.4) is 0 Å². The Bertz CT molecular complexity index is 565. The molecule has 2 aromatic carbocycles. The lowest BCUT2D eigenvalue weighted by atomic mass is 10.00. The molecular weight excluding hydrogens is 244 g/mol. The molecule has 0 heterocycles. The molecule has 2 nitrogen and oxygen atoms in total. The van der Waals surface area contributed by atoms with Crippen LogP contribution in [0.5, 0.6) is 0 Å². The highest BCUT2D eigenvalue weighted by atomic mass is 14.8. The first-order valence-corrected chi connectivity index (χ1v) is 7.15. The third-order valence-electron chi connectivity index (χ3n) is 3.70. The molecule has 0 saturated heterocycles. The number of nitrogens with two attached hydrogens (primary N) is 1. The normalized spacial score (nSPS) is 10.8. The Kier molecular flexibility index (Phi) is 4.94. The zero-order valence-corrected chi connectivity index (χ0v) is 12.7. The summed E-state index contributed by atoms with van der Waals surface area (Å²) < 4.78 is 0. The number of hydrogen-bond donors (Lipinski definition) is 2. The van der Waals surface area contributed by atoms with Gasteiger partial charge in [0.05, 0.1) is 0 Å². The summed E-state index contributed by atoms with van der Waals surface area (Å²) in [6.07, 6.45) is 0. The van der Waals surface area contributed by atoms with Crippen molar-refractivity contribution in [1.82, 2.24) is 5.32 Å². The quantitative estimate of drug-likeness (QED) is 0.872. The summed E-state index contributed by atoms with van der Waals surface area (Å²) in [5.74, 6) is 0. The Balaban J connectivity index is 1.99. The molecule has 0 aliphatic carbocycles. The smallest absolute Gasteiger partial charge is 0.0213 e. The molecule has 3 N–H and O–H groups in total. The molecule has 0 spiro atoms. The maximum atomic E-state index is 5.67. The molecule has 0 fully saturated rings. The van der Waals surface area contributed by atoms with E-state index in [0.717, 1.165) is 13.1 Å². The Morgan fingerprint density at radius 1 is 0.900 bits per heavy atom. The van der Waals surface area contributed by atoms with Gasteiger partial charge in [-0.2, -0.15) is 0 Å². The summed E-state index contributed by atoms with van der Waals surface area (Å²) in [6, 6.07) is 12.9. The summed E-state index contributed by atoms with van der Waals surface area (Å²) in [5, 5.41) is 3.53. The third-order valence-corrected chi connectivity index (χ3v) is 3.70. The van der Waals surface area contributed by atoms with Crippen LogP contribution in [0.4, 0.5) is 0 Å². The van der Waals surface area contributed by atoms with E-state index in [2.05, 4.69) is 62.5 Å². The zero-order chi connectivity index (χ0) is 14.5. The first-order chi connectivity index (χ1) is 9.60. The lowest BCUT2D eigenvalue weighted by molar-refractivity contribution is 0.687. The summed E-state index contributed by atoms with van der Waals surface area (Å²) in [4.78, 5) is 0. The molecule has 2 heteroatoms. The van der Waals surface area contributed by atoms with E-state index in [1.54, 1.807) is 0 Å². The van der Waals surface area contributed by atoms with Crippen LogP contribution in [0.2, 0.25) is 0 Å². The monoisotopic (exact) mass is 268 g/mol. The molecule has 0 aromatic heterocycles. The SMILES string of the molecule is Cc1cc(C)c(CNCc2cccc(CN)c2)c(C)c1. The molecule has 0 saturated carbocycles. The number of aryl methyl sites for hydroxylation is 3. The first-order valence-electron chi connectivity index (χ1n) is 7.15. The molecule has 0 atom stereocenters. The van der Waals surface area contributed by atoms with Gasteiger partial charge in [0.1, 0.15) is 0 Å². The van der Waals surface area contributed by atoms with Crippen molar-refractivity contribution in [2.24, 2.45) is 5.73 Å². The fourth-order valence-electron chi connectivity index (χ4n) is 2.69. The second-order valence-electron chi connectivity index (χ2n) is 5.50. The Morgan fingerprint density at radius 3 is 2.20 bits per heavy atom. The largest absolute Gasteiger partial charge is 0.326 e. The summed E-state index contributed by atoms with van der Waals surface area (Å²) >= 11 is 0. The first kappa shape index (κ1) is 14.8. The standard InChI is InChI=1S/C18H24N2/c1-13-7-14(2)18(15(3)8-13)12-20-11-17-6-4-5-16(9-17)10-19/h4-9,20H,10-12,19H2,1-3H3. The molecule has 2 rings (SSSR count). The maximum absolute atomic E-state index is 5.67. The molecular formula is C18H24N2. The van der Waals surface area contributed by atoms with Crippen LogP contribution < -0.4 is 11.1 Å². The van der Waals surface area contributed by atoms with Crippen molar-refractivity contribution in [3.05, 3.63) is 69.8 Å². The number of benzene rings is 2. The van der Waals surface area contributed by atoms with Gasteiger partial charge in [-0.15, -0.1) is 0 Å². The molecule has 0 amide bonds. The van der Waals surface area contributed by atoms with Crippen molar-refractivity contribution >= 4 is 0 Å². The topological polar surface area (TPSA) is 38.0 Å². The van der Waals surface area contributed by atoms with E-state index >= 15 is 0 Å². The van der Waals surface area contributed by atoms with Crippen molar-refractivity contribution in [2.75, 3.05) is 0 Å². The Morgan fingerprint density at radius 2 is 1.55 bits per heavy atom. The minimum atomic E-state index is 0.601. The van der Waals surface area contributed by atoms with Crippen molar-refractivity contribution < 1.29 is 0 Å². The van der Waals surface area contributed by atoms with Gasteiger partial charge >= 0.3 is 0 Å². The summed E-state index contributed by atoms with van der Waals surface area (Å²) in [5.41, 5.74) is 13.6. The average Bonchev–Trinajstić information content (AvgIpc) is 2.42. The van der Waals surface area contributed by atoms with Gasteiger partial charge in [-0.1, -0.05) is 42.0 Å². The second kappa shape index (κ2) is 6.69. The van der Waals surface area contributed by atoms with E-state index in [4.69, 9.17) is 5.73 Å². The van der Waals surface area contributed by atoms with Crippen molar-refractivity contribution in [3.63, 3.8) is 0 Å². The van der Waals surface area contributed by atoms with E-state index in [0.29, 0.717) is 6.54 Å². The second-order valence-corrected chi connectivity index (χ2v) is 5.50. The van der Waals surface area contributed by atoms with Gasteiger partial charge in [0.15, 0.2) is 0 Å². The van der Waals surface area contributed by atoms with Crippen LogP contribution in [-0.2, 0) is 19.6 Å². The van der Waals surface area contributed by atoms with Crippen molar-refractivity contribution in [1.29, 1.82) is 0 Å². The van der Waals surface area contributed by atoms with E-state index in [1.165, 1.54) is 33.4 Å². The van der Waals surface area contributed by atoms with Gasteiger partial charge in [-0.05, 0) is 48.6 Å². The van der Waals surface area contributed by atoms with Crippen LogP contribution in [0, 0.1) is 20.8 Å². The highest BCUT2D eigenvalue weighted by molar-refractivity contribution is 5.37. The van der Waals surface area contributed by atoms with Crippen LogP contribution >= 0.6 is 0 Å². The highest BCUT2D eigenvalue weighted by Gasteiger charge is 2.03. The predicted octanol–water partition coefficient (Wildman–Crippen LogP) is 3.36. The molecule has 0 aliphatic heterocycles. The lowest BCUT2D eigenvalue weighted by Crippen LogP contribution is -2.15. The van der Waals surface area contributed by atoms with Gasteiger partial charge < -0.3 is 11.1 Å². The van der Waals surface area contributed by atoms with Crippen LogP contribution in [0.15, 0.2) is 36.4 Å². The molecule has 20 heavy (non-hydrogen) atoms. The Labute approximate surface area is 122 Å². The number of hydrogen-bond acceptors (Lipinski definition) is 2. The van der Waals surface area contributed by atoms with Crippen molar-refractivity contribution in [2.45, 2.75) is 40.4 Å². The average molecular weight is 268 g/mol. The zero-order valence-electron chi connectivity index (χ0n) is 12.7. The molecule has 0 bridgehead atoms. The van der Waals surface area contributed by atoms with Gasteiger partial charge in [-0.3, -0.25) is 0 Å². The van der Waals surface area contributed by atoms with E-state index < -0.39 is 0 Å². The molecule has 2 aromatic rings. The van der Waals surface area contributed by atoms with Gasteiger partial charge in [0, 0.05) is 19.6 Å². The Hall–Kier alpha value is -1.64. The highest BCUT2D eigenvalue weighted by Crippen LogP contribution is 2.16. The van der Waals surface area contributed by atoms with E-state index in [1.807, 2.05) is 0 Å². The molecule has 0 aliphatic rings. The fraction of sp³-hybridized carbons (Fsp3) is 0.333. The minimum Gasteiger partial charge on any atom is -0.326 e. The maximum Gasteiger partial charge on any atom is 0.0213 e.